The van der Waals surface area contributed by atoms with E-state index in [0.29, 0.717) is 5.02 Å². The third-order valence-electron chi connectivity index (χ3n) is 4.29. The molecule has 0 aliphatic rings. The minimum absolute atomic E-state index is 0.102. The second kappa shape index (κ2) is 8.96. The molecule has 9 heteroatoms. The van der Waals surface area contributed by atoms with E-state index in [-0.39, 0.29) is 16.2 Å². The van der Waals surface area contributed by atoms with Crippen LogP contribution in [0.4, 0.5) is 0 Å². The Bertz CT molecular complexity index is 1100. The van der Waals surface area contributed by atoms with E-state index in [0.717, 1.165) is 10.4 Å². The van der Waals surface area contributed by atoms with Gasteiger partial charge in [0.2, 0.25) is 10.0 Å². The number of carbonyl (C=O) groups is 1. The molecule has 6 nitrogen and oxygen atoms in total. The van der Waals surface area contributed by atoms with Crippen molar-refractivity contribution < 1.29 is 17.9 Å². The molecule has 3 rings (SSSR count). The van der Waals surface area contributed by atoms with Crippen molar-refractivity contribution >= 4 is 38.9 Å². The molecular weight excluding hydrogens is 432 g/mol. The Morgan fingerprint density at radius 3 is 2.45 bits per heavy atom. The standard InChI is InChI=1S/C20H19ClN2O4S2/c1-22-29(25,26)18-12-14(7-10-16(18)27-2)20(24)23-19(17-4-3-11-28-17)13-5-8-15(21)9-6-13/h3-12,19,22H,1-2H3,(H,23,24). The van der Waals surface area contributed by atoms with Gasteiger partial charge in [0.1, 0.15) is 10.6 Å². The number of rotatable bonds is 7. The van der Waals surface area contributed by atoms with Crippen molar-refractivity contribution in [3.05, 3.63) is 81.0 Å². The number of hydrogen-bond acceptors (Lipinski definition) is 5. The van der Waals surface area contributed by atoms with Gasteiger partial charge in [-0.3, -0.25) is 4.79 Å². The minimum atomic E-state index is -3.79. The second-order valence-corrected chi connectivity index (χ2v) is 9.32. The van der Waals surface area contributed by atoms with Gasteiger partial charge in [-0.1, -0.05) is 29.8 Å². The number of nitrogens with one attached hydrogen (secondary N) is 2. The first kappa shape index (κ1) is 21.3. The van der Waals surface area contributed by atoms with Crippen LogP contribution < -0.4 is 14.8 Å². The molecule has 3 aromatic rings. The van der Waals surface area contributed by atoms with Crippen molar-refractivity contribution in [1.82, 2.24) is 10.0 Å². The number of methoxy groups -OCH3 is 1. The number of thiophene rings is 1. The van der Waals surface area contributed by atoms with Crippen LogP contribution in [0.3, 0.4) is 0 Å². The van der Waals surface area contributed by atoms with Crippen molar-refractivity contribution in [3.63, 3.8) is 0 Å². The number of ether oxygens (including phenoxy) is 1. The lowest BCUT2D eigenvalue weighted by atomic mass is 10.0. The summed E-state index contributed by atoms with van der Waals surface area (Å²) >= 11 is 7.50. The molecule has 0 saturated carbocycles. The van der Waals surface area contributed by atoms with E-state index in [1.165, 1.54) is 43.7 Å². The van der Waals surface area contributed by atoms with Gasteiger partial charge in [-0.2, -0.15) is 0 Å². The van der Waals surface area contributed by atoms with Crippen LogP contribution >= 0.6 is 22.9 Å². The predicted octanol–water partition coefficient (Wildman–Crippen LogP) is 3.84. The SMILES string of the molecule is CNS(=O)(=O)c1cc(C(=O)NC(c2ccc(Cl)cc2)c2cccs2)ccc1OC. The monoisotopic (exact) mass is 450 g/mol. The lowest BCUT2D eigenvalue weighted by molar-refractivity contribution is 0.0943. The summed E-state index contributed by atoms with van der Waals surface area (Å²) in [5, 5.41) is 5.50. The Balaban J connectivity index is 1.96. The average molecular weight is 451 g/mol. The first-order valence-electron chi connectivity index (χ1n) is 8.57. The summed E-state index contributed by atoms with van der Waals surface area (Å²) in [6.45, 7) is 0. The van der Waals surface area contributed by atoms with Crippen LogP contribution in [0.1, 0.15) is 26.8 Å². The number of carbonyl (C=O) groups excluding carboxylic acids is 1. The van der Waals surface area contributed by atoms with Crippen molar-refractivity contribution in [2.24, 2.45) is 0 Å². The molecule has 0 spiro atoms. The van der Waals surface area contributed by atoms with Crippen molar-refractivity contribution in [3.8, 4) is 5.75 Å². The summed E-state index contributed by atoms with van der Waals surface area (Å²) in [5.74, 6) is -0.253. The van der Waals surface area contributed by atoms with Crippen LogP contribution in [0.5, 0.6) is 5.75 Å². The van der Waals surface area contributed by atoms with Gasteiger partial charge in [0.05, 0.1) is 13.2 Å². The molecule has 1 unspecified atom stereocenters. The number of sulfonamides is 1. The first-order chi connectivity index (χ1) is 13.9. The van der Waals surface area contributed by atoms with Crippen LogP contribution in [0.2, 0.25) is 5.02 Å². The van der Waals surface area contributed by atoms with Crippen LogP contribution in [0.15, 0.2) is 64.9 Å². The van der Waals surface area contributed by atoms with Gasteiger partial charge >= 0.3 is 0 Å². The Hall–Kier alpha value is -2.39. The molecular formula is C20H19ClN2O4S2. The largest absolute Gasteiger partial charge is 0.495 e. The lowest BCUT2D eigenvalue weighted by Gasteiger charge is -2.19. The van der Waals surface area contributed by atoms with Gasteiger partial charge in [0.25, 0.3) is 5.91 Å². The van der Waals surface area contributed by atoms with E-state index < -0.39 is 22.0 Å². The van der Waals surface area contributed by atoms with E-state index in [1.54, 1.807) is 12.1 Å². The zero-order valence-electron chi connectivity index (χ0n) is 15.7. The molecule has 0 saturated heterocycles. The summed E-state index contributed by atoms with van der Waals surface area (Å²) in [7, 11) is -1.12. The highest BCUT2D eigenvalue weighted by Gasteiger charge is 2.23. The average Bonchev–Trinajstić information content (AvgIpc) is 3.26. The smallest absolute Gasteiger partial charge is 0.252 e. The maximum atomic E-state index is 13.0. The molecule has 1 atom stereocenters. The summed E-state index contributed by atoms with van der Waals surface area (Å²) in [4.78, 5) is 13.8. The molecule has 1 amide bonds. The van der Waals surface area contributed by atoms with E-state index in [4.69, 9.17) is 16.3 Å². The zero-order chi connectivity index (χ0) is 21.0. The van der Waals surface area contributed by atoms with Crippen LogP contribution in [0.25, 0.3) is 0 Å². The fourth-order valence-electron chi connectivity index (χ4n) is 2.78. The van der Waals surface area contributed by atoms with Crippen molar-refractivity contribution in [2.45, 2.75) is 10.9 Å². The topological polar surface area (TPSA) is 84.5 Å². The molecule has 2 aromatic carbocycles. The minimum Gasteiger partial charge on any atom is -0.495 e. The Kier molecular flexibility index (Phi) is 6.59. The number of benzene rings is 2. The number of halogens is 1. The fraction of sp³-hybridized carbons (Fsp3) is 0.150. The van der Waals surface area contributed by atoms with E-state index in [2.05, 4.69) is 10.0 Å². The van der Waals surface area contributed by atoms with Gasteiger partial charge in [-0.15, -0.1) is 11.3 Å². The highest BCUT2D eigenvalue weighted by molar-refractivity contribution is 7.89. The first-order valence-corrected chi connectivity index (χ1v) is 11.3. The molecule has 0 aliphatic heterocycles. The molecule has 152 valence electrons. The zero-order valence-corrected chi connectivity index (χ0v) is 18.1. The van der Waals surface area contributed by atoms with Crippen LogP contribution in [0, 0.1) is 0 Å². The van der Waals surface area contributed by atoms with E-state index in [1.807, 2.05) is 29.6 Å². The van der Waals surface area contributed by atoms with Gasteiger partial charge in [0.15, 0.2) is 0 Å². The van der Waals surface area contributed by atoms with Gasteiger partial charge < -0.3 is 10.1 Å². The van der Waals surface area contributed by atoms with Gasteiger partial charge in [-0.25, -0.2) is 13.1 Å². The molecule has 0 aliphatic carbocycles. The van der Waals surface area contributed by atoms with Crippen molar-refractivity contribution in [1.29, 1.82) is 0 Å². The number of hydrogen-bond donors (Lipinski definition) is 2. The lowest BCUT2D eigenvalue weighted by Crippen LogP contribution is -2.29. The highest BCUT2D eigenvalue weighted by Crippen LogP contribution is 2.29. The molecule has 1 aromatic heterocycles. The third-order valence-corrected chi connectivity index (χ3v) is 6.92. The quantitative estimate of drug-likeness (QED) is 0.572. The second-order valence-electron chi connectivity index (χ2n) is 6.05. The van der Waals surface area contributed by atoms with E-state index in [9.17, 15) is 13.2 Å². The maximum absolute atomic E-state index is 13.0. The number of amides is 1. The molecule has 0 fully saturated rings. The van der Waals surface area contributed by atoms with Gasteiger partial charge in [-0.05, 0) is 54.4 Å². The van der Waals surface area contributed by atoms with Crippen LogP contribution in [-0.2, 0) is 10.0 Å². The van der Waals surface area contributed by atoms with Crippen LogP contribution in [-0.4, -0.2) is 28.5 Å². The summed E-state index contributed by atoms with van der Waals surface area (Å²) in [6, 6.07) is 14.9. The molecule has 0 radical (unpaired) electrons. The Morgan fingerprint density at radius 1 is 1.14 bits per heavy atom. The fourth-order valence-corrected chi connectivity index (χ4v) is 4.63. The third kappa shape index (κ3) is 4.79. The summed E-state index contributed by atoms with van der Waals surface area (Å²) in [5.41, 5.74) is 1.07. The summed E-state index contributed by atoms with van der Waals surface area (Å²) < 4.78 is 31.9. The Labute approximate surface area is 178 Å². The Morgan fingerprint density at radius 2 is 1.86 bits per heavy atom. The molecule has 0 bridgehead atoms. The summed E-state index contributed by atoms with van der Waals surface area (Å²) in [6.07, 6.45) is 0. The highest BCUT2D eigenvalue weighted by atomic mass is 35.5. The molecule has 29 heavy (non-hydrogen) atoms. The molecule has 1 heterocycles. The molecule has 2 N–H and O–H groups in total. The van der Waals surface area contributed by atoms with Gasteiger partial charge in [0, 0.05) is 15.5 Å². The maximum Gasteiger partial charge on any atom is 0.252 e. The normalized spacial score (nSPS) is 12.4. The van der Waals surface area contributed by atoms with Crippen molar-refractivity contribution in [2.75, 3.05) is 14.2 Å². The predicted molar refractivity (Wildman–Crippen MR) is 114 cm³/mol. The van der Waals surface area contributed by atoms with E-state index >= 15 is 0 Å².